The van der Waals surface area contributed by atoms with Crippen LogP contribution in [0.5, 0.6) is 0 Å². The molecule has 2 aliphatic rings. The number of carboxylic acid groups (broad SMARTS) is 1. The van der Waals surface area contributed by atoms with E-state index in [0.29, 0.717) is 17.3 Å². The normalized spacial score (nSPS) is 19.2. The van der Waals surface area contributed by atoms with Crippen molar-refractivity contribution < 1.29 is 9.90 Å². The molecule has 20 heavy (non-hydrogen) atoms. The Balaban J connectivity index is 1.81. The Morgan fingerprint density at radius 1 is 1.45 bits per heavy atom. The van der Waals surface area contributed by atoms with Gasteiger partial charge in [0, 0.05) is 12.2 Å². The van der Waals surface area contributed by atoms with Crippen molar-refractivity contribution in [2.75, 3.05) is 11.9 Å². The van der Waals surface area contributed by atoms with Gasteiger partial charge in [0.2, 0.25) is 0 Å². The molecule has 3 rings (SSSR count). The molecule has 1 fully saturated rings. The van der Waals surface area contributed by atoms with E-state index in [2.05, 4.69) is 17.2 Å². The molecule has 108 valence electrons. The number of aromatic nitrogens is 1. The molecule has 0 bridgehead atoms. The van der Waals surface area contributed by atoms with Crippen molar-refractivity contribution in [2.24, 2.45) is 11.8 Å². The quantitative estimate of drug-likeness (QED) is 0.866. The number of carboxylic acids is 1. The lowest BCUT2D eigenvalue weighted by Gasteiger charge is -2.19. The highest BCUT2D eigenvalue weighted by Crippen LogP contribution is 2.36. The van der Waals surface area contributed by atoms with Gasteiger partial charge in [-0.15, -0.1) is 0 Å². The molecule has 0 radical (unpaired) electrons. The molecule has 0 spiro atoms. The third-order valence-electron chi connectivity index (χ3n) is 4.55. The Labute approximate surface area is 119 Å². The molecular weight excluding hydrogens is 252 g/mol. The van der Waals surface area contributed by atoms with E-state index in [1.807, 2.05) is 6.07 Å². The highest BCUT2D eigenvalue weighted by molar-refractivity contribution is 5.93. The molecule has 0 amide bonds. The molecule has 0 aliphatic heterocycles. The lowest BCUT2D eigenvalue weighted by molar-refractivity contribution is 0.0697. The highest BCUT2D eigenvalue weighted by Gasteiger charge is 2.28. The number of fused-ring (bicyclic) bond motifs is 1. The minimum Gasteiger partial charge on any atom is -0.478 e. The van der Waals surface area contributed by atoms with E-state index in [0.717, 1.165) is 49.4 Å². The summed E-state index contributed by atoms with van der Waals surface area (Å²) in [5.41, 5.74) is 2.53. The maximum atomic E-state index is 11.4. The number of hydrogen-bond donors (Lipinski definition) is 2. The number of aromatic carboxylic acids is 1. The smallest absolute Gasteiger partial charge is 0.339 e. The second-order valence-electron chi connectivity index (χ2n) is 6.20. The van der Waals surface area contributed by atoms with Crippen LogP contribution in [0.4, 0.5) is 5.82 Å². The van der Waals surface area contributed by atoms with E-state index in [1.165, 1.54) is 12.8 Å². The molecule has 2 aliphatic carbocycles. The van der Waals surface area contributed by atoms with Gasteiger partial charge in [-0.1, -0.05) is 6.92 Å². The molecule has 1 atom stereocenters. The maximum Gasteiger partial charge on any atom is 0.339 e. The Morgan fingerprint density at radius 3 is 2.90 bits per heavy atom. The standard InChI is InChI=1S/C16H22N2O2/c1-10(11-6-7-11)9-17-15-13(16(19)20)8-12-4-2-3-5-14(12)18-15/h8,10-11H,2-7,9H2,1H3,(H,17,18)(H,19,20). The molecule has 1 aromatic rings. The Morgan fingerprint density at radius 2 is 2.20 bits per heavy atom. The summed E-state index contributed by atoms with van der Waals surface area (Å²) in [4.78, 5) is 16.0. The summed E-state index contributed by atoms with van der Waals surface area (Å²) in [5, 5.41) is 12.6. The fourth-order valence-corrected chi connectivity index (χ4v) is 3.02. The minimum absolute atomic E-state index is 0.327. The van der Waals surface area contributed by atoms with E-state index in [-0.39, 0.29) is 0 Å². The number of pyridine rings is 1. The van der Waals surface area contributed by atoms with Crippen LogP contribution >= 0.6 is 0 Å². The first-order valence-corrected chi connectivity index (χ1v) is 7.65. The Bertz CT molecular complexity index is 523. The van der Waals surface area contributed by atoms with Gasteiger partial charge in [0.15, 0.2) is 0 Å². The van der Waals surface area contributed by atoms with Crippen LogP contribution in [0.25, 0.3) is 0 Å². The van der Waals surface area contributed by atoms with E-state index in [4.69, 9.17) is 0 Å². The highest BCUT2D eigenvalue weighted by atomic mass is 16.4. The number of anilines is 1. The number of rotatable bonds is 5. The molecule has 0 aromatic carbocycles. The molecule has 1 heterocycles. The number of nitrogens with one attached hydrogen (secondary N) is 1. The largest absolute Gasteiger partial charge is 0.478 e. The lowest BCUT2D eigenvalue weighted by Crippen LogP contribution is -2.18. The van der Waals surface area contributed by atoms with Crippen molar-refractivity contribution in [1.82, 2.24) is 4.98 Å². The minimum atomic E-state index is -0.882. The van der Waals surface area contributed by atoms with Crippen LogP contribution in [0, 0.1) is 11.8 Å². The van der Waals surface area contributed by atoms with Gasteiger partial charge in [-0.25, -0.2) is 9.78 Å². The van der Waals surface area contributed by atoms with Gasteiger partial charge in [-0.3, -0.25) is 0 Å². The monoisotopic (exact) mass is 274 g/mol. The Hall–Kier alpha value is -1.58. The average molecular weight is 274 g/mol. The van der Waals surface area contributed by atoms with Gasteiger partial charge in [0.1, 0.15) is 11.4 Å². The zero-order valence-corrected chi connectivity index (χ0v) is 12.0. The summed E-state index contributed by atoms with van der Waals surface area (Å²) >= 11 is 0. The maximum absolute atomic E-state index is 11.4. The van der Waals surface area contributed by atoms with Gasteiger partial charge in [0.25, 0.3) is 0 Å². The SMILES string of the molecule is CC(CNc1nc2c(cc1C(=O)O)CCCC2)C1CC1. The second-order valence-corrected chi connectivity index (χ2v) is 6.20. The molecule has 2 N–H and O–H groups in total. The number of nitrogens with zero attached hydrogens (tertiary/aromatic N) is 1. The van der Waals surface area contributed by atoms with Crippen molar-refractivity contribution in [3.05, 3.63) is 22.9 Å². The average Bonchev–Trinajstić information content (AvgIpc) is 3.28. The van der Waals surface area contributed by atoms with Crippen molar-refractivity contribution in [2.45, 2.75) is 45.4 Å². The van der Waals surface area contributed by atoms with Crippen LogP contribution in [0.3, 0.4) is 0 Å². The van der Waals surface area contributed by atoms with Crippen LogP contribution < -0.4 is 5.32 Å². The van der Waals surface area contributed by atoms with Crippen LogP contribution in [0.2, 0.25) is 0 Å². The summed E-state index contributed by atoms with van der Waals surface area (Å²) < 4.78 is 0. The lowest BCUT2D eigenvalue weighted by atomic mass is 9.94. The first-order valence-electron chi connectivity index (χ1n) is 7.65. The van der Waals surface area contributed by atoms with E-state index >= 15 is 0 Å². The number of carbonyl (C=O) groups is 1. The fraction of sp³-hybridized carbons (Fsp3) is 0.625. The predicted molar refractivity (Wildman–Crippen MR) is 78.2 cm³/mol. The number of aryl methyl sites for hydroxylation is 2. The van der Waals surface area contributed by atoms with Crippen LogP contribution in [0.15, 0.2) is 6.07 Å². The molecule has 1 aromatic heterocycles. The van der Waals surface area contributed by atoms with Crippen molar-refractivity contribution >= 4 is 11.8 Å². The molecule has 4 nitrogen and oxygen atoms in total. The zero-order chi connectivity index (χ0) is 14.1. The van der Waals surface area contributed by atoms with Gasteiger partial charge < -0.3 is 10.4 Å². The van der Waals surface area contributed by atoms with Gasteiger partial charge in [-0.2, -0.15) is 0 Å². The van der Waals surface area contributed by atoms with Gasteiger partial charge in [0.05, 0.1) is 0 Å². The topological polar surface area (TPSA) is 62.2 Å². The van der Waals surface area contributed by atoms with Crippen molar-refractivity contribution in [3.63, 3.8) is 0 Å². The summed E-state index contributed by atoms with van der Waals surface area (Å²) in [6.07, 6.45) is 6.85. The first-order chi connectivity index (χ1) is 9.65. The molecule has 1 saturated carbocycles. The fourth-order valence-electron chi connectivity index (χ4n) is 3.02. The van der Waals surface area contributed by atoms with Crippen LogP contribution in [-0.2, 0) is 12.8 Å². The van der Waals surface area contributed by atoms with Crippen molar-refractivity contribution in [1.29, 1.82) is 0 Å². The molecule has 0 saturated heterocycles. The summed E-state index contributed by atoms with van der Waals surface area (Å²) in [7, 11) is 0. The third-order valence-corrected chi connectivity index (χ3v) is 4.55. The van der Waals surface area contributed by atoms with Crippen molar-refractivity contribution in [3.8, 4) is 0 Å². The number of hydrogen-bond acceptors (Lipinski definition) is 3. The van der Waals surface area contributed by atoms with E-state index in [9.17, 15) is 9.90 Å². The first kappa shape index (κ1) is 13.4. The summed E-state index contributed by atoms with van der Waals surface area (Å²) in [6, 6.07) is 1.83. The molecule has 1 unspecified atom stereocenters. The molecular formula is C16H22N2O2. The Kier molecular flexibility index (Phi) is 3.64. The summed E-state index contributed by atoms with van der Waals surface area (Å²) in [5.74, 6) is 1.08. The van der Waals surface area contributed by atoms with Gasteiger partial charge >= 0.3 is 5.97 Å². The van der Waals surface area contributed by atoms with E-state index in [1.54, 1.807) is 0 Å². The van der Waals surface area contributed by atoms with Gasteiger partial charge in [-0.05, 0) is 62.0 Å². The van der Waals surface area contributed by atoms with Crippen LogP contribution in [-0.4, -0.2) is 22.6 Å². The third kappa shape index (κ3) is 2.79. The summed E-state index contributed by atoms with van der Waals surface area (Å²) in [6.45, 7) is 3.04. The predicted octanol–water partition coefficient (Wildman–Crippen LogP) is 3.12. The van der Waals surface area contributed by atoms with E-state index < -0.39 is 5.97 Å². The van der Waals surface area contributed by atoms with Crippen LogP contribution in [0.1, 0.15) is 54.2 Å². The second kappa shape index (κ2) is 5.43. The zero-order valence-electron chi connectivity index (χ0n) is 12.0. The molecule has 4 heteroatoms.